The molecule has 1 heterocycles. The van der Waals surface area contributed by atoms with Crippen LogP contribution in [0.2, 0.25) is 0 Å². The van der Waals surface area contributed by atoms with Gasteiger partial charge >= 0.3 is 5.97 Å². The predicted octanol–water partition coefficient (Wildman–Crippen LogP) is 3.12. The average Bonchev–Trinajstić information content (AvgIpc) is 2.38. The topological polar surface area (TPSA) is 51.2 Å². The summed E-state index contributed by atoms with van der Waals surface area (Å²) in [6, 6.07) is 3.95. The summed E-state index contributed by atoms with van der Waals surface area (Å²) in [5.41, 5.74) is 1.20. The molecule has 1 unspecified atom stereocenters. The van der Waals surface area contributed by atoms with Gasteiger partial charge in [-0.3, -0.25) is 0 Å². The van der Waals surface area contributed by atoms with Gasteiger partial charge in [0, 0.05) is 6.04 Å². The third-order valence-corrected chi connectivity index (χ3v) is 3.72. The van der Waals surface area contributed by atoms with E-state index in [1.54, 1.807) is 6.07 Å². The van der Waals surface area contributed by atoms with E-state index in [4.69, 9.17) is 4.74 Å². The predicted molar refractivity (Wildman–Crippen MR) is 81.0 cm³/mol. The van der Waals surface area contributed by atoms with Crippen molar-refractivity contribution in [2.45, 2.75) is 33.2 Å². The first-order valence-electron chi connectivity index (χ1n) is 6.48. The van der Waals surface area contributed by atoms with Gasteiger partial charge in [0.05, 0.1) is 18.4 Å². The van der Waals surface area contributed by atoms with Gasteiger partial charge in [0.2, 0.25) is 0 Å². The number of aromatic nitrogens is 1. The maximum Gasteiger partial charge on any atom is 0.339 e. The van der Waals surface area contributed by atoms with Crippen LogP contribution in [0.3, 0.4) is 0 Å². The molecule has 1 atom stereocenters. The number of ether oxygens (including phenoxy) is 1. The molecule has 0 bridgehead atoms. The number of hydrogen-bond donors (Lipinski definition) is 1. The van der Waals surface area contributed by atoms with Gasteiger partial charge in [-0.05, 0) is 43.9 Å². The number of rotatable bonds is 7. The minimum Gasteiger partial charge on any atom is -0.465 e. The second-order valence-corrected chi connectivity index (χ2v) is 5.75. The Morgan fingerprint density at radius 2 is 2.26 bits per heavy atom. The van der Waals surface area contributed by atoms with Crippen LogP contribution in [-0.2, 0) is 4.74 Å². The van der Waals surface area contributed by atoms with Crippen LogP contribution >= 0.6 is 11.8 Å². The first-order chi connectivity index (χ1) is 9.08. The molecule has 1 rings (SSSR count). The molecule has 0 saturated carbocycles. The van der Waals surface area contributed by atoms with Gasteiger partial charge in [-0.25, -0.2) is 9.78 Å². The number of nitrogens with zero attached hydrogens (tertiary/aromatic N) is 1. The quantitative estimate of drug-likeness (QED) is 0.615. The van der Waals surface area contributed by atoms with Gasteiger partial charge in [0.25, 0.3) is 0 Å². The highest BCUT2D eigenvalue weighted by molar-refractivity contribution is 7.99. The summed E-state index contributed by atoms with van der Waals surface area (Å²) in [7, 11) is 1.38. The number of carbonyl (C=O) groups is 1. The molecule has 4 nitrogen and oxygen atoms in total. The molecule has 0 fully saturated rings. The van der Waals surface area contributed by atoms with Crippen LogP contribution in [0.25, 0.3) is 0 Å². The van der Waals surface area contributed by atoms with E-state index in [9.17, 15) is 4.79 Å². The Bertz CT molecular complexity index is 424. The Kier molecular flexibility index (Phi) is 6.70. The van der Waals surface area contributed by atoms with Gasteiger partial charge < -0.3 is 10.1 Å². The number of carbonyl (C=O) groups excluding carboxylic acids is 1. The van der Waals surface area contributed by atoms with Gasteiger partial charge in [0.1, 0.15) is 5.82 Å². The fraction of sp³-hybridized carbons (Fsp3) is 0.571. The number of anilines is 1. The highest BCUT2D eigenvalue weighted by Crippen LogP contribution is 2.14. The second-order valence-electron chi connectivity index (χ2n) is 4.35. The van der Waals surface area contributed by atoms with Gasteiger partial charge in [-0.15, -0.1) is 0 Å². The lowest BCUT2D eigenvalue weighted by Gasteiger charge is -2.15. The Hall–Kier alpha value is -1.23. The van der Waals surface area contributed by atoms with Gasteiger partial charge in [-0.1, -0.05) is 6.92 Å². The molecule has 0 saturated heterocycles. The first-order valence-corrected chi connectivity index (χ1v) is 7.64. The molecule has 0 aliphatic carbocycles. The molecule has 5 heteroatoms. The molecule has 0 aliphatic rings. The average molecular weight is 282 g/mol. The van der Waals surface area contributed by atoms with E-state index in [0.717, 1.165) is 23.7 Å². The number of methoxy groups -OCH3 is 1. The lowest BCUT2D eigenvalue weighted by atomic mass is 10.2. The molecule has 0 amide bonds. The molecule has 0 aromatic carbocycles. The van der Waals surface area contributed by atoms with E-state index < -0.39 is 0 Å². The maximum absolute atomic E-state index is 11.5. The smallest absolute Gasteiger partial charge is 0.339 e. The summed E-state index contributed by atoms with van der Waals surface area (Å²) in [6.45, 7) is 6.12. The monoisotopic (exact) mass is 282 g/mol. The molecule has 1 N–H and O–H groups in total. The maximum atomic E-state index is 11.5. The van der Waals surface area contributed by atoms with E-state index in [1.165, 1.54) is 7.11 Å². The van der Waals surface area contributed by atoms with Crippen LogP contribution < -0.4 is 5.32 Å². The number of nitrogens with one attached hydrogen (secondary N) is 1. The number of thioether (sulfide) groups is 1. The first kappa shape index (κ1) is 15.8. The molecule has 106 valence electrons. The van der Waals surface area contributed by atoms with Crippen LogP contribution in [-0.4, -0.2) is 35.6 Å². The standard InChI is InChI=1S/C14H22N2O2S/c1-5-19-9-8-10(2)15-13-7-6-12(11(3)16-13)14(17)18-4/h6-7,10H,5,8-9H2,1-4H3,(H,15,16). The summed E-state index contributed by atoms with van der Waals surface area (Å²) in [4.78, 5) is 15.8. The lowest BCUT2D eigenvalue weighted by Crippen LogP contribution is -2.17. The Balaban J connectivity index is 2.60. The van der Waals surface area contributed by atoms with Crippen LogP contribution in [0.15, 0.2) is 12.1 Å². The zero-order valence-electron chi connectivity index (χ0n) is 12.0. The van der Waals surface area contributed by atoms with Gasteiger partial charge in [0.15, 0.2) is 0 Å². The van der Waals surface area contributed by atoms with Crippen molar-refractivity contribution in [2.24, 2.45) is 0 Å². The molecular formula is C14H22N2O2S. The highest BCUT2D eigenvalue weighted by Gasteiger charge is 2.11. The van der Waals surface area contributed by atoms with E-state index in [2.05, 4.69) is 24.1 Å². The summed E-state index contributed by atoms with van der Waals surface area (Å²) in [5, 5.41) is 3.35. The minimum atomic E-state index is -0.344. The number of aryl methyl sites for hydroxylation is 1. The normalized spacial score (nSPS) is 12.0. The second kappa shape index (κ2) is 8.04. The fourth-order valence-corrected chi connectivity index (χ4v) is 2.51. The molecule has 19 heavy (non-hydrogen) atoms. The van der Waals surface area contributed by atoms with Gasteiger partial charge in [-0.2, -0.15) is 11.8 Å². The van der Waals surface area contributed by atoms with Crippen molar-refractivity contribution in [3.05, 3.63) is 23.4 Å². The largest absolute Gasteiger partial charge is 0.465 e. The Labute approximate surface area is 119 Å². The molecule has 0 radical (unpaired) electrons. The van der Waals surface area contributed by atoms with Crippen molar-refractivity contribution in [1.29, 1.82) is 0 Å². The van der Waals surface area contributed by atoms with Crippen molar-refractivity contribution in [2.75, 3.05) is 23.9 Å². The third kappa shape index (κ3) is 5.11. The summed E-state index contributed by atoms with van der Waals surface area (Å²) in [5.74, 6) is 2.75. The third-order valence-electron chi connectivity index (χ3n) is 2.78. The Morgan fingerprint density at radius 1 is 1.53 bits per heavy atom. The van der Waals surface area contributed by atoms with Crippen molar-refractivity contribution >= 4 is 23.5 Å². The van der Waals surface area contributed by atoms with E-state index in [-0.39, 0.29) is 5.97 Å². The summed E-state index contributed by atoms with van der Waals surface area (Å²) in [6.07, 6.45) is 1.10. The highest BCUT2D eigenvalue weighted by atomic mass is 32.2. The molecular weight excluding hydrogens is 260 g/mol. The van der Waals surface area contributed by atoms with Crippen LogP contribution in [0.4, 0.5) is 5.82 Å². The fourth-order valence-electron chi connectivity index (χ4n) is 1.70. The SMILES string of the molecule is CCSCCC(C)Nc1ccc(C(=O)OC)c(C)n1. The van der Waals surface area contributed by atoms with Crippen LogP contribution in [0, 0.1) is 6.92 Å². The summed E-state index contributed by atoms with van der Waals surface area (Å²) < 4.78 is 4.70. The lowest BCUT2D eigenvalue weighted by molar-refractivity contribution is 0.0599. The number of hydrogen-bond acceptors (Lipinski definition) is 5. The number of esters is 1. The van der Waals surface area contributed by atoms with Crippen molar-refractivity contribution in [1.82, 2.24) is 4.98 Å². The molecule has 1 aromatic rings. The van der Waals surface area contributed by atoms with E-state index in [0.29, 0.717) is 17.3 Å². The minimum absolute atomic E-state index is 0.344. The van der Waals surface area contributed by atoms with Crippen LogP contribution in [0.1, 0.15) is 36.3 Å². The molecule has 0 spiro atoms. The number of pyridine rings is 1. The molecule has 1 aromatic heterocycles. The molecule has 0 aliphatic heterocycles. The van der Waals surface area contributed by atoms with Crippen molar-refractivity contribution in [3.63, 3.8) is 0 Å². The van der Waals surface area contributed by atoms with Crippen molar-refractivity contribution in [3.8, 4) is 0 Å². The zero-order valence-corrected chi connectivity index (χ0v) is 12.8. The van der Waals surface area contributed by atoms with E-state index >= 15 is 0 Å². The van der Waals surface area contributed by atoms with Crippen molar-refractivity contribution < 1.29 is 9.53 Å². The van der Waals surface area contributed by atoms with Crippen LogP contribution in [0.5, 0.6) is 0 Å². The zero-order chi connectivity index (χ0) is 14.3. The summed E-state index contributed by atoms with van der Waals surface area (Å²) >= 11 is 1.94. The van der Waals surface area contributed by atoms with E-state index in [1.807, 2.05) is 24.8 Å². The Morgan fingerprint density at radius 3 is 2.84 bits per heavy atom.